The van der Waals surface area contributed by atoms with Crippen LogP contribution in [0, 0.1) is 5.92 Å². The van der Waals surface area contributed by atoms with E-state index in [1.54, 1.807) is 24.3 Å². The van der Waals surface area contributed by atoms with Crippen molar-refractivity contribution >= 4 is 30.2 Å². The topological polar surface area (TPSA) is 76.1 Å². The number of ether oxygens (including phenoxy) is 2. The average Bonchev–Trinajstić information content (AvgIpc) is 3.00. The Kier molecular flexibility index (Phi) is 10.6. The highest BCUT2D eigenvalue weighted by Crippen LogP contribution is 2.24. The van der Waals surface area contributed by atoms with E-state index in [4.69, 9.17) is 9.47 Å². The number of carboxylic acid groups (broad SMARTS) is 1. The number of nitrogens with zero attached hydrogens (tertiary/aromatic N) is 1. The maximum atomic E-state index is 13.4. The van der Waals surface area contributed by atoms with E-state index in [1.807, 2.05) is 84.9 Å². The van der Waals surface area contributed by atoms with Crippen LogP contribution in [0.5, 0.6) is 11.5 Å². The number of thiol groups is 1. The summed E-state index contributed by atoms with van der Waals surface area (Å²) in [4.78, 5) is 26.3. The number of aliphatic carboxylic acids is 1. The van der Waals surface area contributed by atoms with Crippen molar-refractivity contribution in [2.75, 3.05) is 17.2 Å². The summed E-state index contributed by atoms with van der Waals surface area (Å²) in [5.74, 6) is -0.00555. The first-order chi connectivity index (χ1) is 19.5. The molecule has 0 aliphatic carbocycles. The number of anilines is 1. The number of carbonyl (C=O) groups excluding carboxylic acids is 1. The zero-order valence-corrected chi connectivity index (χ0v) is 23.1. The Hall–Kier alpha value is -4.23. The predicted octanol–water partition coefficient (Wildman–Crippen LogP) is 6.44. The second-order valence-corrected chi connectivity index (χ2v) is 9.79. The SMILES string of the molecule is O=C(O)CN(C(=O)C(CS)CCc1ccccc1)c1ccc(OCc2ccc(OCc3ccccc3)cc2)cc1. The maximum Gasteiger partial charge on any atom is 0.323 e. The number of benzene rings is 4. The fraction of sp³-hybridized carbons (Fsp3) is 0.212. The largest absolute Gasteiger partial charge is 0.489 e. The average molecular weight is 556 g/mol. The molecule has 206 valence electrons. The van der Waals surface area contributed by atoms with Crippen LogP contribution in [0.2, 0.25) is 0 Å². The molecule has 0 saturated carbocycles. The molecule has 1 unspecified atom stereocenters. The van der Waals surface area contributed by atoms with E-state index >= 15 is 0 Å². The van der Waals surface area contributed by atoms with Gasteiger partial charge in [-0.15, -0.1) is 0 Å². The molecule has 0 aliphatic rings. The summed E-state index contributed by atoms with van der Waals surface area (Å²) in [6, 6.07) is 34.5. The molecule has 1 atom stereocenters. The minimum absolute atomic E-state index is 0.253. The van der Waals surface area contributed by atoms with Crippen LogP contribution >= 0.6 is 12.6 Å². The Balaban J connectivity index is 1.33. The van der Waals surface area contributed by atoms with Crippen molar-refractivity contribution in [1.29, 1.82) is 0 Å². The van der Waals surface area contributed by atoms with Crippen LogP contribution in [0.3, 0.4) is 0 Å². The standard InChI is InChI=1S/C33H33NO5S/c35-32(36)21-34(33(37)28(24-40)14-11-25-7-3-1-4-8-25)29-15-19-31(20-16-29)39-23-27-12-17-30(18-13-27)38-22-26-9-5-2-6-10-26/h1-10,12-13,15-20,28,40H,11,14,21-24H2,(H,35,36). The third kappa shape index (κ3) is 8.64. The van der Waals surface area contributed by atoms with Crippen molar-refractivity contribution in [3.8, 4) is 11.5 Å². The number of hydrogen-bond acceptors (Lipinski definition) is 5. The Morgan fingerprint density at radius 3 is 1.73 bits per heavy atom. The van der Waals surface area contributed by atoms with Gasteiger partial charge in [0.25, 0.3) is 0 Å². The fourth-order valence-electron chi connectivity index (χ4n) is 4.24. The number of amides is 1. The molecule has 0 radical (unpaired) electrons. The van der Waals surface area contributed by atoms with Gasteiger partial charge in [-0.25, -0.2) is 0 Å². The van der Waals surface area contributed by atoms with E-state index < -0.39 is 18.4 Å². The number of hydrogen-bond donors (Lipinski definition) is 2. The highest BCUT2D eigenvalue weighted by molar-refractivity contribution is 7.80. The lowest BCUT2D eigenvalue weighted by atomic mass is 9.99. The van der Waals surface area contributed by atoms with E-state index in [1.165, 1.54) is 4.90 Å². The summed E-state index contributed by atoms with van der Waals surface area (Å²) < 4.78 is 11.8. The van der Waals surface area contributed by atoms with Gasteiger partial charge in [0, 0.05) is 17.4 Å². The lowest BCUT2D eigenvalue weighted by molar-refractivity contribution is -0.137. The number of carbonyl (C=O) groups is 2. The van der Waals surface area contributed by atoms with Gasteiger partial charge >= 0.3 is 5.97 Å². The van der Waals surface area contributed by atoms with Crippen molar-refractivity contribution < 1.29 is 24.2 Å². The summed E-state index contributed by atoms with van der Waals surface area (Å²) >= 11 is 4.39. The minimum atomic E-state index is -1.08. The van der Waals surface area contributed by atoms with Crippen LogP contribution in [0.15, 0.2) is 109 Å². The van der Waals surface area contributed by atoms with Crippen LogP contribution in [-0.2, 0) is 29.2 Å². The normalized spacial score (nSPS) is 11.4. The van der Waals surface area contributed by atoms with Crippen LogP contribution in [0.25, 0.3) is 0 Å². The Bertz CT molecular complexity index is 1350. The van der Waals surface area contributed by atoms with Crippen LogP contribution < -0.4 is 14.4 Å². The van der Waals surface area contributed by atoms with E-state index in [-0.39, 0.29) is 5.91 Å². The summed E-state index contributed by atoms with van der Waals surface area (Å²) in [5.41, 5.74) is 3.72. The molecule has 0 bridgehead atoms. The molecule has 0 aliphatic heterocycles. The van der Waals surface area contributed by atoms with Crippen molar-refractivity contribution in [2.24, 2.45) is 5.92 Å². The molecule has 1 N–H and O–H groups in total. The van der Waals surface area contributed by atoms with Gasteiger partial charge in [-0.2, -0.15) is 12.6 Å². The molecule has 0 spiro atoms. The molecule has 40 heavy (non-hydrogen) atoms. The van der Waals surface area contributed by atoms with Crippen molar-refractivity contribution in [1.82, 2.24) is 0 Å². The molecule has 0 saturated heterocycles. The molecule has 0 heterocycles. The predicted molar refractivity (Wildman–Crippen MR) is 160 cm³/mol. The molecule has 4 aromatic carbocycles. The number of carboxylic acids is 1. The van der Waals surface area contributed by atoms with E-state index in [0.29, 0.717) is 43.2 Å². The zero-order valence-electron chi connectivity index (χ0n) is 22.2. The third-order valence-corrected chi connectivity index (χ3v) is 6.92. The molecular formula is C33H33NO5S. The van der Waals surface area contributed by atoms with Gasteiger partial charge in [0.15, 0.2) is 0 Å². The lowest BCUT2D eigenvalue weighted by Crippen LogP contribution is -2.40. The highest BCUT2D eigenvalue weighted by Gasteiger charge is 2.26. The smallest absolute Gasteiger partial charge is 0.323 e. The zero-order chi connectivity index (χ0) is 28.2. The van der Waals surface area contributed by atoms with Gasteiger partial charge in [-0.3, -0.25) is 9.59 Å². The second-order valence-electron chi connectivity index (χ2n) is 9.42. The highest BCUT2D eigenvalue weighted by atomic mass is 32.1. The van der Waals surface area contributed by atoms with Gasteiger partial charge in [0.2, 0.25) is 5.91 Å². The molecule has 0 aromatic heterocycles. The van der Waals surface area contributed by atoms with E-state index in [2.05, 4.69) is 12.6 Å². The first-order valence-corrected chi connectivity index (χ1v) is 13.8. The van der Waals surface area contributed by atoms with Crippen LogP contribution in [0.4, 0.5) is 5.69 Å². The maximum absolute atomic E-state index is 13.4. The van der Waals surface area contributed by atoms with Crippen molar-refractivity contribution in [3.05, 3.63) is 126 Å². The van der Waals surface area contributed by atoms with Crippen molar-refractivity contribution in [2.45, 2.75) is 26.1 Å². The van der Waals surface area contributed by atoms with Crippen LogP contribution in [-0.4, -0.2) is 29.3 Å². The molecular weight excluding hydrogens is 522 g/mol. The molecule has 1 amide bonds. The van der Waals surface area contributed by atoms with E-state index in [0.717, 1.165) is 22.4 Å². The lowest BCUT2D eigenvalue weighted by Gasteiger charge is -2.26. The monoisotopic (exact) mass is 555 g/mol. The van der Waals surface area contributed by atoms with E-state index in [9.17, 15) is 14.7 Å². The number of rotatable bonds is 14. The van der Waals surface area contributed by atoms with Gasteiger partial charge in [-0.1, -0.05) is 72.8 Å². The van der Waals surface area contributed by atoms with Gasteiger partial charge < -0.3 is 19.5 Å². The first-order valence-electron chi connectivity index (χ1n) is 13.2. The third-order valence-electron chi connectivity index (χ3n) is 6.48. The summed E-state index contributed by atoms with van der Waals surface area (Å²) in [7, 11) is 0. The Labute approximate surface area is 240 Å². The molecule has 6 nitrogen and oxygen atoms in total. The summed E-state index contributed by atoms with van der Waals surface area (Å²) in [5, 5.41) is 9.49. The van der Waals surface area contributed by atoms with Crippen LogP contribution in [0.1, 0.15) is 23.1 Å². The summed E-state index contributed by atoms with van der Waals surface area (Å²) in [6.07, 6.45) is 1.30. The molecule has 7 heteroatoms. The number of aryl methyl sites for hydroxylation is 1. The molecule has 0 fully saturated rings. The minimum Gasteiger partial charge on any atom is -0.489 e. The van der Waals surface area contributed by atoms with Crippen molar-refractivity contribution in [3.63, 3.8) is 0 Å². The molecule has 4 aromatic rings. The first kappa shape index (κ1) is 28.8. The Morgan fingerprint density at radius 1 is 0.700 bits per heavy atom. The van der Waals surface area contributed by atoms with Gasteiger partial charge in [0.05, 0.1) is 0 Å². The molecule has 4 rings (SSSR count). The fourth-order valence-corrected chi connectivity index (χ4v) is 4.58. The second kappa shape index (κ2) is 14.8. The quantitative estimate of drug-likeness (QED) is 0.175. The van der Waals surface area contributed by atoms with Gasteiger partial charge in [-0.05, 0) is 65.9 Å². The van der Waals surface area contributed by atoms with Gasteiger partial charge in [0.1, 0.15) is 31.3 Å². The Morgan fingerprint density at radius 2 is 1.20 bits per heavy atom. The summed E-state index contributed by atoms with van der Waals surface area (Å²) in [6.45, 7) is 0.441.